The van der Waals surface area contributed by atoms with Crippen LogP contribution in [0.1, 0.15) is 40.0 Å². The average molecular weight is 271 g/mol. The number of carbonyl (C=O) groups is 2. The zero-order valence-electron chi connectivity index (χ0n) is 12.4. The fourth-order valence-electron chi connectivity index (χ4n) is 3.54. The number of allylic oxidation sites excluding steroid dienone is 3. The molecule has 0 N–H and O–H groups in total. The van der Waals surface area contributed by atoms with E-state index in [1.165, 1.54) is 19.3 Å². The second-order valence-corrected chi connectivity index (χ2v) is 6.24. The van der Waals surface area contributed by atoms with Gasteiger partial charge in [-0.3, -0.25) is 9.59 Å². The van der Waals surface area contributed by atoms with E-state index < -0.39 is 0 Å². The second-order valence-electron chi connectivity index (χ2n) is 6.24. The van der Waals surface area contributed by atoms with Gasteiger partial charge in [-0.1, -0.05) is 13.3 Å². The number of ketones is 1. The number of amides is 1. The third-order valence-corrected chi connectivity index (χ3v) is 4.97. The molecule has 0 radical (unpaired) electrons. The van der Waals surface area contributed by atoms with Crippen LogP contribution in [0, 0.1) is 11.8 Å². The molecule has 1 heterocycles. The lowest BCUT2D eigenvalue weighted by molar-refractivity contribution is -0.125. The van der Waals surface area contributed by atoms with Crippen molar-refractivity contribution in [1.82, 2.24) is 4.90 Å². The first kappa shape index (κ1) is 13.3. The van der Waals surface area contributed by atoms with Crippen LogP contribution in [0.3, 0.4) is 0 Å². The molecule has 1 aliphatic heterocycles. The summed E-state index contributed by atoms with van der Waals surface area (Å²) in [7, 11) is 0. The highest BCUT2D eigenvalue weighted by molar-refractivity contribution is 6.11. The Bertz CT molecular complexity index is 574. The minimum atomic E-state index is 0.0243. The molecule has 3 rings (SSSR count). The van der Waals surface area contributed by atoms with Gasteiger partial charge >= 0.3 is 0 Å². The zero-order valence-corrected chi connectivity index (χ0v) is 12.4. The van der Waals surface area contributed by atoms with E-state index >= 15 is 0 Å². The molecule has 1 saturated carbocycles. The monoisotopic (exact) mass is 271 g/mol. The summed E-state index contributed by atoms with van der Waals surface area (Å²) in [5.74, 6) is 1.52. The highest BCUT2D eigenvalue weighted by Gasteiger charge is 2.38. The number of hydrogen-bond donors (Lipinski definition) is 0. The van der Waals surface area contributed by atoms with Crippen molar-refractivity contribution in [2.75, 3.05) is 6.54 Å². The molecule has 106 valence electrons. The van der Waals surface area contributed by atoms with Gasteiger partial charge in [0.2, 0.25) is 0 Å². The molecule has 0 aromatic rings. The minimum Gasteiger partial charge on any atom is -0.307 e. The van der Waals surface area contributed by atoms with Crippen LogP contribution in [0.5, 0.6) is 0 Å². The molecule has 3 aliphatic rings. The SMILES string of the molecule is CCC1CC(CN2C(=O)C(C)=C3C=CC(=O)C(C)=C32)C1. The lowest BCUT2D eigenvalue weighted by atomic mass is 9.73. The van der Waals surface area contributed by atoms with E-state index in [1.54, 1.807) is 12.2 Å². The summed E-state index contributed by atoms with van der Waals surface area (Å²) in [5.41, 5.74) is 3.28. The second kappa shape index (κ2) is 4.72. The fraction of sp³-hybridized carbons (Fsp3) is 0.529. The Kier molecular flexibility index (Phi) is 3.15. The van der Waals surface area contributed by atoms with Gasteiger partial charge < -0.3 is 4.90 Å². The standard InChI is InChI=1S/C17H21NO2/c1-4-12-7-13(8-12)9-18-16-11(3)15(19)6-5-14(16)10(2)17(18)20/h5-6,12-13H,4,7-9H2,1-3H3. The number of hydrogen-bond acceptors (Lipinski definition) is 2. The molecule has 0 aromatic carbocycles. The van der Waals surface area contributed by atoms with Crippen molar-refractivity contribution in [2.45, 2.75) is 40.0 Å². The smallest absolute Gasteiger partial charge is 0.254 e. The molecule has 0 spiro atoms. The summed E-state index contributed by atoms with van der Waals surface area (Å²) in [6, 6.07) is 0. The Morgan fingerprint density at radius 1 is 1.10 bits per heavy atom. The van der Waals surface area contributed by atoms with Crippen LogP contribution in [-0.2, 0) is 9.59 Å². The van der Waals surface area contributed by atoms with Crippen molar-refractivity contribution in [3.05, 3.63) is 34.6 Å². The van der Waals surface area contributed by atoms with Crippen molar-refractivity contribution in [3.63, 3.8) is 0 Å². The van der Waals surface area contributed by atoms with Crippen molar-refractivity contribution < 1.29 is 9.59 Å². The molecular weight excluding hydrogens is 250 g/mol. The Morgan fingerprint density at radius 3 is 2.45 bits per heavy atom. The Morgan fingerprint density at radius 2 is 1.80 bits per heavy atom. The van der Waals surface area contributed by atoms with Gasteiger partial charge in [0.25, 0.3) is 5.91 Å². The van der Waals surface area contributed by atoms with Crippen LogP contribution >= 0.6 is 0 Å². The highest BCUT2D eigenvalue weighted by atomic mass is 16.2. The van der Waals surface area contributed by atoms with Gasteiger partial charge in [0.15, 0.2) is 5.78 Å². The van der Waals surface area contributed by atoms with Gasteiger partial charge in [0.1, 0.15) is 0 Å². The first-order chi connectivity index (χ1) is 9.52. The summed E-state index contributed by atoms with van der Waals surface area (Å²) >= 11 is 0. The quantitative estimate of drug-likeness (QED) is 0.791. The number of fused-ring (bicyclic) bond motifs is 1. The van der Waals surface area contributed by atoms with Gasteiger partial charge in [0.05, 0.1) is 5.70 Å². The maximum Gasteiger partial charge on any atom is 0.254 e. The van der Waals surface area contributed by atoms with Crippen molar-refractivity contribution in [2.24, 2.45) is 11.8 Å². The largest absolute Gasteiger partial charge is 0.307 e. The lowest BCUT2D eigenvalue weighted by Crippen LogP contribution is -2.37. The minimum absolute atomic E-state index is 0.0243. The summed E-state index contributed by atoms with van der Waals surface area (Å²) < 4.78 is 0. The normalized spacial score (nSPS) is 29.2. The van der Waals surface area contributed by atoms with E-state index in [-0.39, 0.29) is 11.7 Å². The van der Waals surface area contributed by atoms with Gasteiger partial charge in [-0.05, 0) is 50.7 Å². The predicted molar refractivity (Wildman–Crippen MR) is 77.8 cm³/mol. The first-order valence-electron chi connectivity index (χ1n) is 7.49. The van der Waals surface area contributed by atoms with Crippen LogP contribution in [0.4, 0.5) is 0 Å². The van der Waals surface area contributed by atoms with E-state index in [4.69, 9.17) is 0 Å². The number of rotatable bonds is 3. The maximum atomic E-state index is 12.4. The summed E-state index contributed by atoms with van der Waals surface area (Å²) in [6.07, 6.45) is 7.03. The van der Waals surface area contributed by atoms with E-state index in [1.807, 2.05) is 18.7 Å². The van der Waals surface area contributed by atoms with E-state index in [2.05, 4.69) is 6.92 Å². The number of nitrogens with zero attached hydrogens (tertiary/aromatic N) is 1. The molecule has 1 amide bonds. The third kappa shape index (κ3) is 1.88. The summed E-state index contributed by atoms with van der Waals surface area (Å²) in [5, 5.41) is 0. The molecule has 1 fully saturated rings. The Balaban J connectivity index is 1.84. The third-order valence-electron chi connectivity index (χ3n) is 4.97. The van der Waals surface area contributed by atoms with Gasteiger partial charge in [-0.2, -0.15) is 0 Å². The maximum absolute atomic E-state index is 12.4. The molecule has 2 aliphatic carbocycles. The topological polar surface area (TPSA) is 37.4 Å². The molecule has 0 atom stereocenters. The number of carbonyl (C=O) groups excluding carboxylic acids is 2. The lowest BCUT2D eigenvalue weighted by Gasteiger charge is -2.38. The molecule has 3 heteroatoms. The van der Waals surface area contributed by atoms with Gasteiger partial charge in [-0.15, -0.1) is 0 Å². The van der Waals surface area contributed by atoms with E-state index in [0.717, 1.165) is 29.3 Å². The Hall–Kier alpha value is -1.64. The van der Waals surface area contributed by atoms with Crippen LogP contribution < -0.4 is 0 Å². The Labute approximate surface area is 120 Å². The van der Waals surface area contributed by atoms with E-state index in [0.29, 0.717) is 11.5 Å². The van der Waals surface area contributed by atoms with Gasteiger partial charge in [-0.25, -0.2) is 0 Å². The van der Waals surface area contributed by atoms with Crippen molar-refractivity contribution in [3.8, 4) is 0 Å². The first-order valence-corrected chi connectivity index (χ1v) is 7.49. The van der Waals surface area contributed by atoms with Crippen LogP contribution in [-0.4, -0.2) is 23.1 Å². The van der Waals surface area contributed by atoms with Crippen LogP contribution in [0.25, 0.3) is 0 Å². The molecule has 0 saturated heterocycles. The van der Waals surface area contributed by atoms with E-state index in [9.17, 15) is 9.59 Å². The molecule has 3 nitrogen and oxygen atoms in total. The summed E-state index contributed by atoms with van der Waals surface area (Å²) in [6.45, 7) is 6.68. The van der Waals surface area contributed by atoms with Crippen molar-refractivity contribution >= 4 is 11.7 Å². The van der Waals surface area contributed by atoms with Crippen LogP contribution in [0.15, 0.2) is 34.6 Å². The zero-order chi connectivity index (χ0) is 14.4. The molecule has 0 bridgehead atoms. The highest BCUT2D eigenvalue weighted by Crippen LogP contribution is 2.41. The molecular formula is C17H21NO2. The fourth-order valence-corrected chi connectivity index (χ4v) is 3.54. The predicted octanol–water partition coefficient (Wildman–Crippen LogP) is 2.99. The molecule has 0 unspecified atom stereocenters. The summed E-state index contributed by atoms with van der Waals surface area (Å²) in [4.78, 5) is 26.1. The average Bonchev–Trinajstić information content (AvgIpc) is 2.62. The van der Waals surface area contributed by atoms with Crippen LogP contribution in [0.2, 0.25) is 0 Å². The van der Waals surface area contributed by atoms with Gasteiger partial charge in [0, 0.05) is 23.3 Å². The molecule has 0 aromatic heterocycles. The molecule has 20 heavy (non-hydrogen) atoms. The van der Waals surface area contributed by atoms with Crippen molar-refractivity contribution in [1.29, 1.82) is 0 Å².